The van der Waals surface area contributed by atoms with Gasteiger partial charge in [-0.25, -0.2) is 9.97 Å². The molecule has 7 heteroatoms. The largest absolute Gasteiger partial charge is 0.461 e. The van der Waals surface area contributed by atoms with E-state index in [-0.39, 0.29) is 0 Å². The van der Waals surface area contributed by atoms with Crippen molar-refractivity contribution in [3.05, 3.63) is 48.5 Å². The molecule has 0 unspecified atom stereocenters. The first kappa shape index (κ1) is 14.9. The van der Waals surface area contributed by atoms with Crippen LogP contribution in [0, 0.1) is 6.92 Å². The van der Waals surface area contributed by atoms with E-state index in [2.05, 4.69) is 40.1 Å². The first-order valence-electron chi connectivity index (χ1n) is 7.62. The van der Waals surface area contributed by atoms with Gasteiger partial charge in [0.2, 0.25) is 0 Å². The summed E-state index contributed by atoms with van der Waals surface area (Å²) >= 11 is 1.49. The minimum Gasteiger partial charge on any atom is -0.461 e. The molecule has 0 spiro atoms. The van der Waals surface area contributed by atoms with E-state index in [1.54, 1.807) is 12.6 Å². The minimum absolute atomic E-state index is 0.708. The molecule has 0 atom stereocenters. The summed E-state index contributed by atoms with van der Waals surface area (Å²) in [6, 6.07) is 9.88. The zero-order chi connectivity index (χ0) is 16.5. The van der Waals surface area contributed by atoms with Crippen LogP contribution in [0.3, 0.4) is 0 Å². The van der Waals surface area contributed by atoms with Crippen molar-refractivity contribution in [1.29, 1.82) is 0 Å². The lowest BCUT2D eigenvalue weighted by molar-refractivity contribution is 0.567. The number of hydrogen-bond donors (Lipinski definition) is 0. The SMILES string of the molecule is CCn1c(Sc2ncnc3ccc(C)cc23)nnc1-c1ccco1. The van der Waals surface area contributed by atoms with Crippen molar-refractivity contribution in [3.8, 4) is 11.6 Å². The summed E-state index contributed by atoms with van der Waals surface area (Å²) in [6.45, 7) is 4.86. The van der Waals surface area contributed by atoms with Crippen molar-refractivity contribution < 1.29 is 4.42 Å². The summed E-state index contributed by atoms with van der Waals surface area (Å²) in [4.78, 5) is 8.77. The van der Waals surface area contributed by atoms with E-state index >= 15 is 0 Å². The van der Waals surface area contributed by atoms with Crippen molar-refractivity contribution in [2.24, 2.45) is 0 Å². The summed E-state index contributed by atoms with van der Waals surface area (Å²) in [5.41, 5.74) is 2.10. The van der Waals surface area contributed by atoms with E-state index in [9.17, 15) is 0 Å². The second-order valence-corrected chi connectivity index (χ2v) is 6.29. The van der Waals surface area contributed by atoms with Crippen LogP contribution in [-0.2, 0) is 6.54 Å². The number of rotatable bonds is 4. The molecule has 24 heavy (non-hydrogen) atoms. The number of aryl methyl sites for hydroxylation is 1. The molecule has 0 bridgehead atoms. The predicted octanol–water partition coefficient (Wildman–Crippen LogP) is 3.96. The Morgan fingerprint density at radius 3 is 2.88 bits per heavy atom. The highest BCUT2D eigenvalue weighted by molar-refractivity contribution is 7.99. The number of aromatic nitrogens is 5. The number of fused-ring (bicyclic) bond motifs is 1. The number of benzene rings is 1. The monoisotopic (exact) mass is 337 g/mol. The highest BCUT2D eigenvalue weighted by Gasteiger charge is 2.17. The smallest absolute Gasteiger partial charge is 0.200 e. The lowest BCUT2D eigenvalue weighted by Crippen LogP contribution is -1.99. The summed E-state index contributed by atoms with van der Waals surface area (Å²) < 4.78 is 7.47. The van der Waals surface area contributed by atoms with Gasteiger partial charge in [-0.15, -0.1) is 10.2 Å². The van der Waals surface area contributed by atoms with Gasteiger partial charge in [0.1, 0.15) is 11.4 Å². The summed E-state index contributed by atoms with van der Waals surface area (Å²) in [5, 5.41) is 11.3. The molecule has 0 fully saturated rings. The molecule has 0 saturated carbocycles. The second kappa shape index (κ2) is 6.09. The minimum atomic E-state index is 0.708. The number of furan rings is 1. The molecule has 0 amide bonds. The molecule has 0 radical (unpaired) electrons. The van der Waals surface area contributed by atoms with Gasteiger partial charge in [-0.1, -0.05) is 11.6 Å². The van der Waals surface area contributed by atoms with E-state index < -0.39 is 0 Å². The molecule has 4 aromatic rings. The quantitative estimate of drug-likeness (QED) is 0.525. The standard InChI is InChI=1S/C17H15N5OS/c1-3-22-15(14-5-4-8-23-14)20-21-17(22)24-16-12-9-11(2)6-7-13(12)18-10-19-16/h4-10H,3H2,1-2H3. The van der Waals surface area contributed by atoms with Gasteiger partial charge >= 0.3 is 0 Å². The number of hydrogen-bond acceptors (Lipinski definition) is 6. The van der Waals surface area contributed by atoms with Crippen molar-refractivity contribution >= 4 is 22.7 Å². The van der Waals surface area contributed by atoms with Gasteiger partial charge in [-0.05, 0) is 49.9 Å². The van der Waals surface area contributed by atoms with Gasteiger partial charge in [0.15, 0.2) is 16.7 Å². The molecule has 0 aliphatic rings. The average molecular weight is 337 g/mol. The molecule has 6 nitrogen and oxygen atoms in total. The highest BCUT2D eigenvalue weighted by atomic mass is 32.2. The molecule has 0 aliphatic heterocycles. The van der Waals surface area contributed by atoms with Crippen LogP contribution >= 0.6 is 11.8 Å². The molecule has 4 rings (SSSR count). The predicted molar refractivity (Wildman–Crippen MR) is 91.8 cm³/mol. The first-order valence-corrected chi connectivity index (χ1v) is 8.44. The maximum absolute atomic E-state index is 5.45. The second-order valence-electron chi connectivity index (χ2n) is 5.33. The molecule has 3 aromatic heterocycles. The van der Waals surface area contributed by atoms with Crippen molar-refractivity contribution in [3.63, 3.8) is 0 Å². The normalized spacial score (nSPS) is 11.2. The molecular weight excluding hydrogens is 322 g/mol. The Morgan fingerprint density at radius 1 is 1.17 bits per heavy atom. The fourth-order valence-electron chi connectivity index (χ4n) is 2.55. The zero-order valence-corrected chi connectivity index (χ0v) is 14.1. The van der Waals surface area contributed by atoms with E-state index in [1.165, 1.54) is 17.3 Å². The summed E-state index contributed by atoms with van der Waals surface area (Å²) in [6.07, 6.45) is 3.22. The molecule has 1 aromatic carbocycles. The Bertz CT molecular complexity index is 994. The van der Waals surface area contributed by atoms with Crippen LogP contribution < -0.4 is 0 Å². The molecule has 120 valence electrons. The van der Waals surface area contributed by atoms with Gasteiger partial charge in [-0.3, -0.25) is 4.57 Å². The van der Waals surface area contributed by atoms with Gasteiger partial charge < -0.3 is 4.42 Å². The molecular formula is C17H15N5OS. The van der Waals surface area contributed by atoms with Crippen molar-refractivity contribution in [1.82, 2.24) is 24.7 Å². The Hall–Kier alpha value is -2.67. The van der Waals surface area contributed by atoms with Crippen molar-refractivity contribution in [2.75, 3.05) is 0 Å². The maximum atomic E-state index is 5.45. The van der Waals surface area contributed by atoms with Gasteiger partial charge in [-0.2, -0.15) is 0 Å². The van der Waals surface area contributed by atoms with Crippen LogP contribution in [0.2, 0.25) is 0 Å². The van der Waals surface area contributed by atoms with Crippen molar-refractivity contribution in [2.45, 2.75) is 30.6 Å². The fraction of sp³-hybridized carbons (Fsp3) is 0.176. The molecule has 3 heterocycles. The van der Waals surface area contributed by atoms with Crippen LogP contribution in [0.25, 0.3) is 22.5 Å². The van der Waals surface area contributed by atoms with E-state index in [0.29, 0.717) is 5.76 Å². The zero-order valence-electron chi connectivity index (χ0n) is 13.3. The van der Waals surface area contributed by atoms with Crippen LogP contribution in [0.5, 0.6) is 0 Å². The summed E-state index contributed by atoms with van der Waals surface area (Å²) in [7, 11) is 0. The third-order valence-corrected chi connectivity index (χ3v) is 4.72. The van der Waals surface area contributed by atoms with Crippen LogP contribution in [0.4, 0.5) is 0 Å². The van der Waals surface area contributed by atoms with Crippen LogP contribution in [-0.4, -0.2) is 24.7 Å². The lowest BCUT2D eigenvalue weighted by atomic mass is 10.2. The Morgan fingerprint density at radius 2 is 2.08 bits per heavy atom. The molecule has 0 aliphatic carbocycles. The average Bonchev–Trinajstić information content (AvgIpc) is 3.24. The van der Waals surface area contributed by atoms with Gasteiger partial charge in [0.05, 0.1) is 11.8 Å². The Kier molecular flexibility index (Phi) is 3.78. The van der Waals surface area contributed by atoms with E-state index in [0.717, 1.165) is 33.5 Å². The first-order chi connectivity index (χ1) is 11.8. The molecule has 0 saturated heterocycles. The van der Waals surface area contributed by atoms with E-state index in [4.69, 9.17) is 4.42 Å². The highest BCUT2D eigenvalue weighted by Crippen LogP contribution is 2.32. The van der Waals surface area contributed by atoms with Crippen LogP contribution in [0.15, 0.2) is 57.5 Å². The van der Waals surface area contributed by atoms with E-state index in [1.807, 2.05) is 28.8 Å². The third-order valence-electron chi connectivity index (χ3n) is 3.72. The lowest BCUT2D eigenvalue weighted by Gasteiger charge is -2.07. The van der Waals surface area contributed by atoms with Crippen LogP contribution in [0.1, 0.15) is 12.5 Å². The number of nitrogens with zero attached hydrogens (tertiary/aromatic N) is 5. The molecule has 0 N–H and O–H groups in total. The topological polar surface area (TPSA) is 69.6 Å². The maximum Gasteiger partial charge on any atom is 0.200 e. The van der Waals surface area contributed by atoms with Gasteiger partial charge in [0, 0.05) is 11.9 Å². The Labute approximate surface area is 143 Å². The summed E-state index contributed by atoms with van der Waals surface area (Å²) in [5.74, 6) is 1.43. The Balaban J connectivity index is 1.78. The van der Waals surface area contributed by atoms with Gasteiger partial charge in [0.25, 0.3) is 0 Å². The third kappa shape index (κ3) is 2.56. The fourth-order valence-corrected chi connectivity index (χ4v) is 3.51.